The molecule has 1 saturated carbocycles. The maximum Gasteiger partial charge on any atom is 0.248 e. The molecule has 1 N–H and O–H groups in total. The number of rotatable bonds is 7. The second-order valence-corrected chi connectivity index (χ2v) is 9.52. The van der Waals surface area contributed by atoms with Crippen LogP contribution >= 0.6 is 0 Å². The summed E-state index contributed by atoms with van der Waals surface area (Å²) < 4.78 is 3.84. The van der Waals surface area contributed by atoms with Gasteiger partial charge < -0.3 is 10.2 Å². The van der Waals surface area contributed by atoms with Crippen LogP contribution in [0.2, 0.25) is 0 Å². The first-order valence-electron chi connectivity index (χ1n) is 12.4. The van der Waals surface area contributed by atoms with E-state index in [9.17, 15) is 10.1 Å². The van der Waals surface area contributed by atoms with Gasteiger partial charge in [0.05, 0.1) is 35.4 Å². The number of hydrogen-bond acceptors (Lipinski definition) is 6. The molecule has 0 unspecified atom stereocenters. The standard InChI is InChI=1S/C28H26N8O/c1-2-27(37)33-26-6-5-24(15-30-26)34-9-7-20(8-10-34)25-11-21(18-36-28(25)22(12-29)13-32-36)23-14-31-35(17-23)16-19-3-4-19/h2,5-7,11,13-15,17-19H,1,3-4,8-10,16H2,(H,30,33,37). The molecule has 0 bridgehead atoms. The summed E-state index contributed by atoms with van der Waals surface area (Å²) in [5, 5.41) is 21.4. The number of carbonyl (C=O) groups excluding carboxylic acids is 1. The van der Waals surface area contributed by atoms with Crippen molar-refractivity contribution in [2.24, 2.45) is 5.92 Å². The number of pyridine rings is 2. The van der Waals surface area contributed by atoms with Crippen LogP contribution in [0, 0.1) is 17.2 Å². The minimum absolute atomic E-state index is 0.286. The Kier molecular flexibility index (Phi) is 5.77. The zero-order valence-corrected chi connectivity index (χ0v) is 20.3. The Bertz CT molecular complexity index is 1570. The molecule has 1 aliphatic heterocycles. The van der Waals surface area contributed by atoms with Crippen molar-refractivity contribution in [3.05, 3.63) is 79.0 Å². The molecule has 0 saturated heterocycles. The second-order valence-electron chi connectivity index (χ2n) is 9.52. The van der Waals surface area contributed by atoms with E-state index in [4.69, 9.17) is 0 Å². The fourth-order valence-electron chi connectivity index (χ4n) is 4.76. The number of nitrogens with zero attached hydrogens (tertiary/aromatic N) is 7. The first-order chi connectivity index (χ1) is 18.1. The van der Waals surface area contributed by atoms with E-state index in [0.717, 1.165) is 53.3 Å². The predicted octanol–water partition coefficient (Wildman–Crippen LogP) is 4.29. The van der Waals surface area contributed by atoms with E-state index in [1.54, 1.807) is 18.5 Å². The van der Waals surface area contributed by atoms with Gasteiger partial charge in [0, 0.05) is 48.7 Å². The lowest BCUT2D eigenvalue weighted by Gasteiger charge is -2.28. The van der Waals surface area contributed by atoms with E-state index in [2.05, 4.69) is 56.4 Å². The molecule has 0 aromatic carbocycles. The van der Waals surface area contributed by atoms with Crippen LogP contribution in [-0.4, -0.2) is 43.4 Å². The van der Waals surface area contributed by atoms with Crippen molar-refractivity contribution in [2.45, 2.75) is 25.8 Å². The lowest BCUT2D eigenvalue weighted by atomic mass is 9.95. The largest absolute Gasteiger partial charge is 0.366 e. The fraction of sp³-hybridized carbons (Fsp3) is 0.250. The summed E-state index contributed by atoms with van der Waals surface area (Å²) in [6.45, 7) is 5.94. The van der Waals surface area contributed by atoms with Gasteiger partial charge in [0.1, 0.15) is 11.9 Å². The van der Waals surface area contributed by atoms with Crippen molar-refractivity contribution in [3.63, 3.8) is 0 Å². The quantitative estimate of drug-likeness (QED) is 0.388. The van der Waals surface area contributed by atoms with Crippen LogP contribution in [0.3, 0.4) is 0 Å². The van der Waals surface area contributed by atoms with Gasteiger partial charge in [0.25, 0.3) is 0 Å². The lowest BCUT2D eigenvalue weighted by molar-refractivity contribution is -0.111. The molecule has 184 valence electrons. The van der Waals surface area contributed by atoms with Gasteiger partial charge in [-0.1, -0.05) is 12.7 Å². The number of carbonyl (C=O) groups is 1. The van der Waals surface area contributed by atoms with Crippen LogP contribution in [0.4, 0.5) is 11.5 Å². The highest BCUT2D eigenvalue weighted by Gasteiger charge is 2.23. The molecule has 4 aromatic heterocycles. The fourth-order valence-corrected chi connectivity index (χ4v) is 4.76. The van der Waals surface area contributed by atoms with Gasteiger partial charge in [0.15, 0.2) is 0 Å². The maximum atomic E-state index is 11.5. The number of hydrogen-bond donors (Lipinski definition) is 1. The minimum atomic E-state index is -0.286. The average molecular weight is 491 g/mol. The predicted molar refractivity (Wildman–Crippen MR) is 142 cm³/mol. The van der Waals surface area contributed by atoms with Crippen molar-refractivity contribution in [3.8, 4) is 17.2 Å². The topological polar surface area (TPSA) is 104 Å². The van der Waals surface area contributed by atoms with Crippen molar-refractivity contribution in [1.82, 2.24) is 24.4 Å². The molecule has 1 amide bonds. The highest BCUT2D eigenvalue weighted by atomic mass is 16.1. The molecule has 37 heavy (non-hydrogen) atoms. The van der Waals surface area contributed by atoms with E-state index < -0.39 is 0 Å². The van der Waals surface area contributed by atoms with Gasteiger partial charge in [-0.3, -0.25) is 9.48 Å². The van der Waals surface area contributed by atoms with Gasteiger partial charge in [0.2, 0.25) is 5.91 Å². The summed E-state index contributed by atoms with van der Waals surface area (Å²) >= 11 is 0. The zero-order chi connectivity index (χ0) is 25.4. The van der Waals surface area contributed by atoms with E-state index in [-0.39, 0.29) is 5.91 Å². The van der Waals surface area contributed by atoms with Crippen molar-refractivity contribution in [1.29, 1.82) is 5.26 Å². The Morgan fingerprint density at radius 1 is 1.19 bits per heavy atom. The van der Waals surface area contributed by atoms with Gasteiger partial charge in [-0.25, -0.2) is 9.50 Å². The third-order valence-electron chi connectivity index (χ3n) is 6.95. The molecule has 6 rings (SSSR count). The Morgan fingerprint density at radius 2 is 2.08 bits per heavy atom. The molecule has 1 fully saturated rings. The van der Waals surface area contributed by atoms with E-state index in [1.807, 2.05) is 27.7 Å². The smallest absolute Gasteiger partial charge is 0.248 e. The van der Waals surface area contributed by atoms with Gasteiger partial charge in [-0.15, -0.1) is 0 Å². The Balaban J connectivity index is 1.28. The normalized spacial score (nSPS) is 15.3. The Labute approximate surface area is 214 Å². The Hall–Kier alpha value is -4.71. The van der Waals surface area contributed by atoms with Crippen LogP contribution < -0.4 is 10.2 Å². The van der Waals surface area contributed by atoms with Gasteiger partial charge in [-0.2, -0.15) is 15.5 Å². The highest BCUT2D eigenvalue weighted by Crippen LogP contribution is 2.34. The highest BCUT2D eigenvalue weighted by molar-refractivity contribution is 5.98. The number of aromatic nitrogens is 5. The molecule has 0 spiro atoms. The van der Waals surface area contributed by atoms with Crippen molar-refractivity contribution in [2.75, 3.05) is 23.3 Å². The van der Waals surface area contributed by atoms with E-state index in [0.29, 0.717) is 17.9 Å². The van der Waals surface area contributed by atoms with Crippen LogP contribution in [-0.2, 0) is 11.3 Å². The minimum Gasteiger partial charge on any atom is -0.366 e. The molecule has 2 aliphatic rings. The molecule has 1 aliphatic carbocycles. The maximum absolute atomic E-state index is 11.5. The second kappa shape index (κ2) is 9.39. The molecule has 5 heterocycles. The third-order valence-corrected chi connectivity index (χ3v) is 6.95. The van der Waals surface area contributed by atoms with E-state index >= 15 is 0 Å². The molecule has 9 nitrogen and oxygen atoms in total. The number of fused-ring (bicyclic) bond motifs is 1. The summed E-state index contributed by atoms with van der Waals surface area (Å²) in [7, 11) is 0. The molecular formula is C28H26N8O. The number of nitriles is 1. The monoisotopic (exact) mass is 490 g/mol. The SMILES string of the molecule is C=CC(=O)Nc1ccc(N2CC=C(c3cc(-c4cnn(CC5CC5)c4)cn4ncc(C#N)c34)CC2)cn1. The van der Waals surface area contributed by atoms with E-state index in [1.165, 1.54) is 24.5 Å². The molecule has 0 radical (unpaired) electrons. The summed E-state index contributed by atoms with van der Waals surface area (Å²) in [6.07, 6.45) is 16.2. The lowest BCUT2D eigenvalue weighted by Crippen LogP contribution is -2.28. The van der Waals surface area contributed by atoms with Crippen molar-refractivity contribution >= 4 is 28.5 Å². The first-order valence-corrected chi connectivity index (χ1v) is 12.4. The Morgan fingerprint density at radius 3 is 2.78 bits per heavy atom. The molecule has 0 atom stereocenters. The average Bonchev–Trinajstić information content (AvgIpc) is 3.45. The van der Waals surface area contributed by atoms with Crippen LogP contribution in [0.15, 0.2) is 67.9 Å². The molecule has 9 heteroatoms. The van der Waals surface area contributed by atoms with Crippen LogP contribution in [0.25, 0.3) is 22.2 Å². The summed E-state index contributed by atoms with van der Waals surface area (Å²) in [5.74, 6) is 0.959. The molecule has 4 aromatic rings. The van der Waals surface area contributed by atoms with Crippen molar-refractivity contribution < 1.29 is 4.79 Å². The first kappa shape index (κ1) is 22.7. The number of anilines is 2. The van der Waals surface area contributed by atoms with Crippen LogP contribution in [0.5, 0.6) is 0 Å². The number of amides is 1. The number of nitrogens with one attached hydrogen (secondary N) is 1. The third kappa shape index (κ3) is 4.61. The zero-order valence-electron chi connectivity index (χ0n) is 20.3. The van der Waals surface area contributed by atoms with Gasteiger partial charge >= 0.3 is 0 Å². The summed E-state index contributed by atoms with van der Waals surface area (Å²) in [5.41, 5.74) is 6.68. The van der Waals surface area contributed by atoms with Crippen LogP contribution in [0.1, 0.15) is 30.4 Å². The summed E-state index contributed by atoms with van der Waals surface area (Å²) in [4.78, 5) is 18.1. The van der Waals surface area contributed by atoms with Gasteiger partial charge in [-0.05, 0) is 55.0 Å². The molecular weight excluding hydrogens is 464 g/mol. The summed E-state index contributed by atoms with van der Waals surface area (Å²) in [6, 6.07) is 8.20.